The molecule has 0 spiro atoms. The maximum absolute atomic E-state index is 12.7. The summed E-state index contributed by atoms with van der Waals surface area (Å²) in [6.45, 7) is 19.4. The van der Waals surface area contributed by atoms with Crippen molar-refractivity contribution < 1.29 is 23.5 Å². The second-order valence-electron chi connectivity index (χ2n) is 10.2. The number of carbonyl (C=O) groups excluding carboxylic acids is 3. The molecule has 0 aliphatic carbocycles. The molecule has 0 bridgehead atoms. The molecule has 174 valence electrons. The Balaban J connectivity index is 1.87. The van der Waals surface area contributed by atoms with E-state index in [-0.39, 0.29) is 59.8 Å². The van der Waals surface area contributed by atoms with E-state index in [1.54, 1.807) is 11.8 Å². The van der Waals surface area contributed by atoms with E-state index in [9.17, 15) is 14.4 Å². The van der Waals surface area contributed by atoms with Gasteiger partial charge in [-0.3, -0.25) is 9.59 Å². The summed E-state index contributed by atoms with van der Waals surface area (Å²) in [6.07, 6.45) is 3.14. The maximum atomic E-state index is 12.7. The molecule has 0 aromatic heterocycles. The van der Waals surface area contributed by atoms with Crippen LogP contribution in [-0.4, -0.2) is 62.8 Å². The third kappa shape index (κ3) is 6.07. The number of likely N-dealkylation sites (tertiary alicyclic amines) is 1. The molecule has 0 aromatic carbocycles. The highest BCUT2D eigenvalue weighted by atomic mass is 28.4. The first-order valence-corrected chi connectivity index (χ1v) is 13.9. The molecule has 1 N–H and O–H groups in total. The first-order chi connectivity index (χ1) is 14.3. The minimum atomic E-state index is -2.00. The highest BCUT2D eigenvalue weighted by molar-refractivity contribution is 6.74. The fraction of sp³-hybridized carbons (Fsp3) is 0.696. The lowest BCUT2D eigenvalue weighted by atomic mass is 9.82. The van der Waals surface area contributed by atoms with E-state index < -0.39 is 8.32 Å². The zero-order valence-electron chi connectivity index (χ0n) is 20.0. The van der Waals surface area contributed by atoms with Gasteiger partial charge in [-0.25, -0.2) is 4.79 Å². The minimum Gasteiger partial charge on any atom is -0.445 e. The van der Waals surface area contributed by atoms with Crippen LogP contribution in [-0.2, 0) is 18.8 Å². The second-order valence-corrected chi connectivity index (χ2v) is 15.0. The van der Waals surface area contributed by atoms with Gasteiger partial charge in [0.05, 0.1) is 18.1 Å². The van der Waals surface area contributed by atoms with E-state index >= 15 is 0 Å². The number of rotatable bonds is 9. The van der Waals surface area contributed by atoms with Crippen LogP contribution >= 0.6 is 0 Å². The standard InChI is InChI=1S/C23H38N2O5Si/c1-9-10-29-22(28)25-13-17(14-25)11-15(2)19(26)12-18-20(21(27)24-18)16(3)30-31(7,8)23(4,5)6/h9,11,16-18,20H,1,10,12-14H2,2-8H3,(H,24,27). The van der Waals surface area contributed by atoms with Gasteiger partial charge in [-0.2, -0.15) is 0 Å². The summed E-state index contributed by atoms with van der Waals surface area (Å²) in [4.78, 5) is 38.3. The van der Waals surface area contributed by atoms with Crippen molar-refractivity contribution in [2.75, 3.05) is 19.7 Å². The van der Waals surface area contributed by atoms with E-state index in [1.165, 1.54) is 6.08 Å². The number of nitrogens with zero attached hydrogens (tertiary/aromatic N) is 1. The first kappa shape index (κ1) is 25.3. The van der Waals surface area contributed by atoms with Crippen LogP contribution in [0.3, 0.4) is 0 Å². The second kappa shape index (κ2) is 9.69. The Morgan fingerprint density at radius 2 is 1.94 bits per heavy atom. The zero-order valence-corrected chi connectivity index (χ0v) is 21.0. The summed E-state index contributed by atoms with van der Waals surface area (Å²) < 4.78 is 11.4. The summed E-state index contributed by atoms with van der Waals surface area (Å²) in [5.74, 6) is -0.182. The Bertz CT molecular complexity index is 750. The minimum absolute atomic E-state index is 0.0159. The molecule has 2 saturated heterocycles. The molecule has 8 heteroatoms. The van der Waals surface area contributed by atoms with Crippen LogP contribution < -0.4 is 5.32 Å². The number of Topliss-reactive ketones (excluding diaryl/α,β-unsaturated/α-hetero) is 1. The van der Waals surface area contributed by atoms with Crippen molar-refractivity contribution in [1.29, 1.82) is 0 Å². The summed E-state index contributed by atoms with van der Waals surface area (Å²) >= 11 is 0. The summed E-state index contributed by atoms with van der Waals surface area (Å²) in [5.41, 5.74) is 0.668. The van der Waals surface area contributed by atoms with Crippen molar-refractivity contribution in [1.82, 2.24) is 10.2 Å². The zero-order chi connectivity index (χ0) is 23.6. The van der Waals surface area contributed by atoms with Crippen molar-refractivity contribution in [3.63, 3.8) is 0 Å². The molecule has 2 rings (SSSR count). The van der Waals surface area contributed by atoms with Gasteiger partial charge in [0.2, 0.25) is 5.91 Å². The van der Waals surface area contributed by atoms with E-state index in [4.69, 9.17) is 9.16 Å². The lowest BCUT2D eigenvalue weighted by Gasteiger charge is -2.45. The van der Waals surface area contributed by atoms with Crippen LogP contribution in [0.25, 0.3) is 0 Å². The van der Waals surface area contributed by atoms with Crippen LogP contribution in [0.15, 0.2) is 24.3 Å². The van der Waals surface area contributed by atoms with Gasteiger partial charge in [0.1, 0.15) is 6.61 Å². The van der Waals surface area contributed by atoms with Gasteiger partial charge >= 0.3 is 6.09 Å². The Morgan fingerprint density at radius 1 is 1.32 bits per heavy atom. The van der Waals surface area contributed by atoms with Crippen LogP contribution in [0.4, 0.5) is 4.79 Å². The molecule has 2 heterocycles. The molecule has 31 heavy (non-hydrogen) atoms. The number of β-lactam (4-membered cyclic amide) rings is 1. The quantitative estimate of drug-likeness (QED) is 0.251. The lowest BCUT2D eigenvalue weighted by molar-refractivity contribution is -0.141. The Morgan fingerprint density at radius 3 is 2.45 bits per heavy atom. The average Bonchev–Trinajstić information content (AvgIpc) is 2.59. The van der Waals surface area contributed by atoms with Gasteiger partial charge < -0.3 is 19.4 Å². The highest BCUT2D eigenvalue weighted by Crippen LogP contribution is 2.39. The Kier molecular flexibility index (Phi) is 7.92. The summed E-state index contributed by atoms with van der Waals surface area (Å²) in [7, 11) is -2.00. The van der Waals surface area contributed by atoms with E-state index in [0.29, 0.717) is 18.7 Å². The number of ketones is 1. The first-order valence-electron chi connectivity index (χ1n) is 11.0. The number of carbonyl (C=O) groups is 3. The van der Waals surface area contributed by atoms with Crippen LogP contribution in [0.1, 0.15) is 41.0 Å². The van der Waals surface area contributed by atoms with Gasteiger partial charge in [-0.15, -0.1) is 0 Å². The number of nitrogens with one attached hydrogen (secondary N) is 1. The number of allylic oxidation sites excluding steroid dienone is 1. The Hall–Kier alpha value is -1.93. The van der Waals surface area contributed by atoms with Crippen molar-refractivity contribution in [2.24, 2.45) is 11.8 Å². The summed E-state index contributed by atoms with van der Waals surface area (Å²) in [5, 5.41) is 2.93. The molecular formula is C23H38N2O5Si. The third-order valence-corrected chi connectivity index (χ3v) is 11.3. The van der Waals surface area contributed by atoms with Gasteiger partial charge in [-0.05, 0) is 37.6 Å². The molecule has 7 nitrogen and oxygen atoms in total. The fourth-order valence-corrected chi connectivity index (χ4v) is 5.11. The average molecular weight is 451 g/mol. The number of hydrogen-bond acceptors (Lipinski definition) is 5. The van der Waals surface area contributed by atoms with Crippen LogP contribution in [0, 0.1) is 11.8 Å². The summed E-state index contributed by atoms with van der Waals surface area (Å²) in [6, 6.07) is -0.199. The van der Waals surface area contributed by atoms with Crippen molar-refractivity contribution in [2.45, 2.75) is 71.3 Å². The number of hydrogen-bond donors (Lipinski definition) is 1. The molecule has 2 aliphatic heterocycles. The molecule has 0 aromatic rings. The van der Waals surface area contributed by atoms with Gasteiger partial charge in [-0.1, -0.05) is 39.5 Å². The smallest absolute Gasteiger partial charge is 0.410 e. The van der Waals surface area contributed by atoms with Crippen molar-refractivity contribution in [3.05, 3.63) is 24.3 Å². The van der Waals surface area contributed by atoms with E-state index in [1.807, 2.05) is 13.0 Å². The number of amides is 2. The number of ether oxygens (including phenoxy) is 1. The largest absolute Gasteiger partial charge is 0.445 e. The predicted molar refractivity (Wildman–Crippen MR) is 123 cm³/mol. The van der Waals surface area contributed by atoms with E-state index in [2.05, 4.69) is 45.8 Å². The van der Waals surface area contributed by atoms with Gasteiger partial charge in [0, 0.05) is 25.4 Å². The van der Waals surface area contributed by atoms with Crippen molar-refractivity contribution in [3.8, 4) is 0 Å². The molecule has 2 aliphatic rings. The van der Waals surface area contributed by atoms with Gasteiger partial charge in [0.25, 0.3) is 0 Å². The lowest BCUT2D eigenvalue weighted by Crippen LogP contribution is -2.64. The molecule has 0 radical (unpaired) electrons. The highest BCUT2D eigenvalue weighted by Gasteiger charge is 2.48. The molecule has 0 saturated carbocycles. The maximum Gasteiger partial charge on any atom is 0.410 e. The molecular weight excluding hydrogens is 412 g/mol. The fourth-order valence-electron chi connectivity index (χ4n) is 3.68. The van der Waals surface area contributed by atoms with Crippen LogP contribution in [0.5, 0.6) is 0 Å². The topological polar surface area (TPSA) is 84.9 Å². The SMILES string of the molecule is C=CCOC(=O)N1CC(C=C(C)C(=O)CC2NC(=O)C2C(C)O[Si](C)(C)C(C)(C)C)C1. The normalized spacial score (nSPS) is 23.4. The Labute approximate surface area is 187 Å². The van der Waals surface area contributed by atoms with E-state index in [0.717, 1.165) is 0 Å². The molecule has 2 fully saturated rings. The third-order valence-electron chi connectivity index (χ3n) is 6.68. The molecule has 3 unspecified atom stereocenters. The van der Waals surface area contributed by atoms with Crippen LogP contribution in [0.2, 0.25) is 18.1 Å². The predicted octanol–water partition coefficient (Wildman–Crippen LogP) is 3.67. The monoisotopic (exact) mass is 450 g/mol. The van der Waals surface area contributed by atoms with Gasteiger partial charge in [0.15, 0.2) is 14.1 Å². The van der Waals surface area contributed by atoms with Crippen molar-refractivity contribution >= 4 is 26.1 Å². The molecule has 2 amide bonds. The molecule has 3 atom stereocenters.